The van der Waals surface area contributed by atoms with Crippen LogP contribution in [-0.4, -0.2) is 52.0 Å². The van der Waals surface area contributed by atoms with Crippen LogP contribution in [0.25, 0.3) is 0 Å². The molecule has 0 unspecified atom stereocenters. The molecule has 33 heavy (non-hydrogen) atoms. The van der Waals surface area contributed by atoms with Crippen LogP contribution in [-0.2, 0) is 4.79 Å². The molecular formula is C26H39N3O3S. The highest BCUT2D eigenvalue weighted by Crippen LogP contribution is 2.36. The van der Waals surface area contributed by atoms with E-state index in [1.807, 2.05) is 10.3 Å². The number of ether oxygens (including phenoxy) is 1. The van der Waals surface area contributed by atoms with Crippen molar-refractivity contribution in [2.45, 2.75) is 114 Å². The van der Waals surface area contributed by atoms with Crippen molar-refractivity contribution in [1.29, 1.82) is 0 Å². The lowest BCUT2D eigenvalue weighted by atomic mass is 9.94. The second-order valence-electron chi connectivity index (χ2n) is 10.7. The summed E-state index contributed by atoms with van der Waals surface area (Å²) in [4.78, 5) is 34.4. The van der Waals surface area contributed by atoms with Crippen LogP contribution in [0, 0.1) is 5.92 Å². The number of carbonyl (C=O) groups excluding carboxylic acids is 2. The molecule has 3 saturated carbocycles. The zero-order valence-corrected chi connectivity index (χ0v) is 20.7. The molecule has 2 heterocycles. The van der Waals surface area contributed by atoms with E-state index in [1.54, 1.807) is 11.3 Å². The van der Waals surface area contributed by atoms with Crippen LogP contribution >= 0.6 is 11.3 Å². The third-order valence-corrected chi connectivity index (χ3v) is 9.24. The van der Waals surface area contributed by atoms with Crippen molar-refractivity contribution in [2.75, 3.05) is 13.1 Å². The summed E-state index contributed by atoms with van der Waals surface area (Å²) in [5.41, 5.74) is 0. The number of piperidine rings is 1. The van der Waals surface area contributed by atoms with Crippen LogP contribution in [0.5, 0.6) is 5.88 Å². The molecule has 4 aliphatic rings. The van der Waals surface area contributed by atoms with Crippen LogP contribution in [0.2, 0.25) is 0 Å². The highest BCUT2D eigenvalue weighted by atomic mass is 32.1. The summed E-state index contributed by atoms with van der Waals surface area (Å²) in [5.74, 6) is 1.92. The minimum atomic E-state index is -0.205. The third-order valence-electron chi connectivity index (χ3n) is 8.25. The molecule has 1 aromatic heterocycles. The molecule has 0 bridgehead atoms. The predicted molar refractivity (Wildman–Crippen MR) is 130 cm³/mol. The molecule has 0 radical (unpaired) electrons. The van der Waals surface area contributed by atoms with E-state index < -0.39 is 0 Å². The average Bonchev–Trinajstić information content (AvgIpc) is 3.32. The Morgan fingerprint density at radius 3 is 2.30 bits per heavy atom. The van der Waals surface area contributed by atoms with E-state index in [-0.39, 0.29) is 6.09 Å². The Labute approximate surface area is 202 Å². The number of thiazole rings is 1. The molecule has 6 nitrogen and oxygen atoms in total. The number of carbonyl (C=O) groups is 2. The lowest BCUT2D eigenvalue weighted by Crippen LogP contribution is -2.44. The predicted octanol–water partition coefficient (Wildman–Crippen LogP) is 6.12. The largest absolute Gasteiger partial charge is 0.417 e. The summed E-state index contributed by atoms with van der Waals surface area (Å²) in [6.45, 7) is 1.64. The molecule has 3 aliphatic carbocycles. The van der Waals surface area contributed by atoms with Crippen molar-refractivity contribution in [1.82, 2.24) is 14.8 Å². The van der Waals surface area contributed by atoms with Gasteiger partial charge in [-0.3, -0.25) is 4.79 Å². The number of rotatable bonds is 7. The first-order valence-corrected chi connectivity index (χ1v) is 14.3. The number of amides is 2. The van der Waals surface area contributed by atoms with Gasteiger partial charge in [0.05, 0.1) is 10.4 Å². The Kier molecular flexibility index (Phi) is 7.53. The first kappa shape index (κ1) is 23.1. The Bertz CT molecular complexity index is 803. The second-order valence-corrected chi connectivity index (χ2v) is 11.6. The molecule has 2 amide bonds. The van der Waals surface area contributed by atoms with Crippen molar-refractivity contribution < 1.29 is 14.3 Å². The van der Waals surface area contributed by atoms with E-state index in [2.05, 4.69) is 9.88 Å². The average molecular weight is 474 g/mol. The Morgan fingerprint density at radius 2 is 1.61 bits per heavy atom. The van der Waals surface area contributed by atoms with Gasteiger partial charge in [-0.15, -0.1) is 11.3 Å². The summed E-state index contributed by atoms with van der Waals surface area (Å²) in [6.07, 6.45) is 16.9. The van der Waals surface area contributed by atoms with Gasteiger partial charge in [0.1, 0.15) is 0 Å². The molecule has 0 aromatic carbocycles. The van der Waals surface area contributed by atoms with Crippen molar-refractivity contribution in [2.24, 2.45) is 5.92 Å². The smallest absolute Gasteiger partial charge is 0.390 e. The standard InChI is InChI=1S/C26H39N3O3S/c30-24(13-10-19-6-4-5-7-19)28-16-14-20(15-17-28)25-27-23(18-33-25)32-26(31)29(22-11-12-22)21-8-2-1-3-9-21/h18-22H,1-17H2. The summed E-state index contributed by atoms with van der Waals surface area (Å²) in [6, 6.07) is 0.710. The van der Waals surface area contributed by atoms with Crippen molar-refractivity contribution >= 4 is 23.3 Å². The first-order valence-electron chi connectivity index (χ1n) is 13.4. The molecule has 5 rings (SSSR count). The zero-order chi connectivity index (χ0) is 22.6. The molecule has 0 atom stereocenters. The molecule has 182 valence electrons. The van der Waals surface area contributed by atoms with Gasteiger partial charge < -0.3 is 14.5 Å². The topological polar surface area (TPSA) is 62.7 Å². The maximum atomic E-state index is 13.0. The van der Waals surface area contributed by atoms with Gasteiger partial charge in [0, 0.05) is 37.5 Å². The van der Waals surface area contributed by atoms with Gasteiger partial charge in [0.15, 0.2) is 0 Å². The molecule has 0 N–H and O–H groups in total. The first-order chi connectivity index (χ1) is 16.2. The van der Waals surface area contributed by atoms with Gasteiger partial charge in [-0.05, 0) is 50.9 Å². The van der Waals surface area contributed by atoms with Crippen LogP contribution in [0.4, 0.5) is 4.79 Å². The Hall–Kier alpha value is -1.63. The number of likely N-dealkylation sites (tertiary alicyclic amines) is 1. The fourth-order valence-corrected chi connectivity index (χ4v) is 7.01. The van der Waals surface area contributed by atoms with E-state index in [1.165, 1.54) is 44.9 Å². The number of aromatic nitrogens is 1. The van der Waals surface area contributed by atoms with E-state index >= 15 is 0 Å². The van der Waals surface area contributed by atoms with Gasteiger partial charge in [-0.2, -0.15) is 0 Å². The van der Waals surface area contributed by atoms with Gasteiger partial charge in [-0.25, -0.2) is 9.78 Å². The van der Waals surface area contributed by atoms with Crippen LogP contribution in [0.3, 0.4) is 0 Å². The molecular weight excluding hydrogens is 434 g/mol. The van der Waals surface area contributed by atoms with Crippen LogP contribution in [0.15, 0.2) is 5.38 Å². The fraction of sp³-hybridized carbons (Fsp3) is 0.808. The van der Waals surface area contributed by atoms with Crippen molar-refractivity contribution in [3.63, 3.8) is 0 Å². The van der Waals surface area contributed by atoms with Gasteiger partial charge >= 0.3 is 6.09 Å². The van der Waals surface area contributed by atoms with E-state index in [0.717, 1.165) is 69.0 Å². The highest BCUT2D eigenvalue weighted by molar-refractivity contribution is 7.09. The molecule has 0 spiro atoms. The minimum Gasteiger partial charge on any atom is -0.390 e. The normalized spacial score (nSPS) is 23.1. The van der Waals surface area contributed by atoms with Crippen molar-refractivity contribution in [3.05, 3.63) is 10.4 Å². The number of nitrogens with zero attached hydrogens (tertiary/aromatic N) is 3. The molecule has 1 aromatic rings. The van der Waals surface area contributed by atoms with E-state index in [9.17, 15) is 9.59 Å². The monoisotopic (exact) mass is 473 g/mol. The SMILES string of the molecule is O=C(CCC1CCCC1)N1CCC(c2nc(OC(=O)N(C3CCCCC3)C3CC3)cs2)CC1. The summed E-state index contributed by atoms with van der Waals surface area (Å²) < 4.78 is 5.76. The van der Waals surface area contributed by atoms with Crippen molar-refractivity contribution in [3.8, 4) is 5.88 Å². The molecule has 7 heteroatoms. The van der Waals surface area contributed by atoms with Gasteiger partial charge in [0.25, 0.3) is 0 Å². The molecule has 4 fully saturated rings. The number of hydrogen-bond acceptors (Lipinski definition) is 5. The second kappa shape index (κ2) is 10.7. The quantitative estimate of drug-likeness (QED) is 0.479. The highest BCUT2D eigenvalue weighted by Gasteiger charge is 2.39. The summed E-state index contributed by atoms with van der Waals surface area (Å²) >= 11 is 1.60. The van der Waals surface area contributed by atoms with Gasteiger partial charge in [0.2, 0.25) is 11.8 Å². The maximum Gasteiger partial charge on any atom is 0.417 e. The third kappa shape index (κ3) is 5.90. The Morgan fingerprint density at radius 1 is 0.939 bits per heavy atom. The molecule has 1 saturated heterocycles. The number of hydrogen-bond donors (Lipinski definition) is 0. The molecule has 1 aliphatic heterocycles. The minimum absolute atomic E-state index is 0.205. The lowest BCUT2D eigenvalue weighted by Gasteiger charge is -2.33. The fourth-order valence-electron chi connectivity index (χ4n) is 6.12. The van der Waals surface area contributed by atoms with Gasteiger partial charge in [-0.1, -0.05) is 44.9 Å². The Balaban J connectivity index is 1.09. The summed E-state index contributed by atoms with van der Waals surface area (Å²) in [5, 5.41) is 2.93. The maximum absolute atomic E-state index is 13.0. The van der Waals surface area contributed by atoms with E-state index in [0.29, 0.717) is 36.2 Å². The van der Waals surface area contributed by atoms with E-state index in [4.69, 9.17) is 4.74 Å². The zero-order valence-electron chi connectivity index (χ0n) is 19.9. The summed E-state index contributed by atoms with van der Waals surface area (Å²) in [7, 11) is 0. The van der Waals surface area contributed by atoms with Crippen LogP contribution in [0.1, 0.15) is 107 Å². The van der Waals surface area contributed by atoms with Crippen LogP contribution < -0.4 is 4.74 Å². The lowest BCUT2D eigenvalue weighted by molar-refractivity contribution is -0.132.